The third-order valence-electron chi connectivity index (χ3n) is 4.95. The van der Waals surface area contributed by atoms with Crippen LogP contribution in [0.15, 0.2) is 66.7 Å². The lowest BCUT2D eigenvalue weighted by molar-refractivity contribution is 0.868. The Labute approximate surface area is 140 Å². The number of pyridine rings is 1. The Kier molecular flexibility index (Phi) is 2.72. The molecule has 0 spiro atoms. The van der Waals surface area contributed by atoms with Crippen molar-refractivity contribution < 1.29 is 0 Å². The molecule has 0 bridgehead atoms. The summed E-state index contributed by atoms with van der Waals surface area (Å²) in [6.45, 7) is 4.47. The minimum absolute atomic E-state index is 0.506. The highest BCUT2D eigenvalue weighted by Gasteiger charge is 2.13. The molecule has 0 fully saturated rings. The average molecular weight is 310 g/mol. The van der Waals surface area contributed by atoms with Crippen LogP contribution in [0.25, 0.3) is 38.4 Å². The first kappa shape index (κ1) is 13.6. The van der Waals surface area contributed by atoms with Crippen LogP contribution in [0.2, 0.25) is 0 Å². The topological polar surface area (TPSA) is 17.3 Å². The van der Waals surface area contributed by atoms with Crippen LogP contribution in [0.3, 0.4) is 0 Å². The van der Waals surface area contributed by atoms with Gasteiger partial charge in [0.05, 0.1) is 16.6 Å². The molecule has 0 N–H and O–H groups in total. The molecule has 0 aliphatic heterocycles. The lowest BCUT2D eigenvalue weighted by Gasteiger charge is -2.09. The molecular formula is C22H18N2. The number of imidazole rings is 1. The van der Waals surface area contributed by atoms with Crippen LogP contribution < -0.4 is 0 Å². The fourth-order valence-electron chi connectivity index (χ4n) is 3.69. The molecule has 0 saturated heterocycles. The number of hydrogen-bond acceptors (Lipinski definition) is 1. The Morgan fingerprint density at radius 3 is 2.25 bits per heavy atom. The van der Waals surface area contributed by atoms with Gasteiger partial charge >= 0.3 is 0 Å². The largest absolute Gasteiger partial charge is 0.292 e. The van der Waals surface area contributed by atoms with Crippen molar-refractivity contribution in [2.45, 2.75) is 19.8 Å². The summed E-state index contributed by atoms with van der Waals surface area (Å²) in [4.78, 5) is 4.96. The minimum atomic E-state index is 0.506. The second kappa shape index (κ2) is 4.81. The van der Waals surface area contributed by atoms with Gasteiger partial charge in [-0.2, -0.15) is 0 Å². The first-order valence-electron chi connectivity index (χ1n) is 8.45. The maximum atomic E-state index is 4.96. The lowest BCUT2D eigenvalue weighted by Crippen LogP contribution is -1.92. The fraction of sp³-hybridized carbons (Fsp3) is 0.136. The summed E-state index contributed by atoms with van der Waals surface area (Å²) in [5, 5.41) is 3.74. The van der Waals surface area contributed by atoms with Crippen molar-refractivity contribution in [1.29, 1.82) is 0 Å². The molecule has 2 heteroatoms. The monoisotopic (exact) mass is 310 g/mol. The molecule has 0 atom stereocenters. The zero-order chi connectivity index (χ0) is 16.3. The van der Waals surface area contributed by atoms with E-state index in [0.29, 0.717) is 5.92 Å². The van der Waals surface area contributed by atoms with E-state index >= 15 is 0 Å². The highest BCUT2D eigenvalue weighted by atomic mass is 15.0. The average Bonchev–Trinajstić information content (AvgIpc) is 3.01. The van der Waals surface area contributed by atoms with E-state index in [1.165, 1.54) is 32.8 Å². The molecule has 24 heavy (non-hydrogen) atoms. The van der Waals surface area contributed by atoms with Gasteiger partial charge in [0.15, 0.2) is 0 Å². The third-order valence-corrected chi connectivity index (χ3v) is 4.95. The quantitative estimate of drug-likeness (QED) is 0.351. The van der Waals surface area contributed by atoms with Crippen LogP contribution in [0.4, 0.5) is 0 Å². The van der Waals surface area contributed by atoms with Crippen LogP contribution >= 0.6 is 0 Å². The summed E-state index contributed by atoms with van der Waals surface area (Å²) < 4.78 is 2.32. The predicted octanol–water partition coefficient (Wildman–Crippen LogP) is 5.92. The Morgan fingerprint density at radius 1 is 0.750 bits per heavy atom. The SMILES string of the molecule is CC(C)c1ccc2nc3c4ccccc4c4ccccc4n3c2c1. The van der Waals surface area contributed by atoms with Gasteiger partial charge in [-0.05, 0) is 35.1 Å². The maximum Gasteiger partial charge on any atom is 0.146 e. The van der Waals surface area contributed by atoms with Gasteiger partial charge < -0.3 is 0 Å². The standard InChI is InChI=1S/C22H18N2/c1-14(2)15-11-12-19-21(13-15)24-20-10-6-5-8-17(20)16-7-3-4-9-18(16)22(24)23-19/h3-14H,1-2H3. The number of nitrogens with zero attached hydrogens (tertiary/aromatic N) is 2. The van der Waals surface area contributed by atoms with Crippen LogP contribution in [0.5, 0.6) is 0 Å². The van der Waals surface area contributed by atoms with Crippen molar-refractivity contribution in [3.8, 4) is 0 Å². The van der Waals surface area contributed by atoms with E-state index < -0.39 is 0 Å². The van der Waals surface area contributed by atoms with Gasteiger partial charge in [0, 0.05) is 10.8 Å². The second-order valence-corrected chi connectivity index (χ2v) is 6.74. The Hall–Kier alpha value is -2.87. The fourth-order valence-corrected chi connectivity index (χ4v) is 3.69. The van der Waals surface area contributed by atoms with Crippen LogP contribution in [0.1, 0.15) is 25.3 Å². The van der Waals surface area contributed by atoms with Crippen LogP contribution in [-0.2, 0) is 0 Å². The van der Waals surface area contributed by atoms with E-state index in [-0.39, 0.29) is 0 Å². The highest BCUT2D eigenvalue weighted by molar-refractivity contribution is 6.13. The molecule has 3 aromatic carbocycles. The van der Waals surface area contributed by atoms with Crippen LogP contribution in [0, 0.1) is 0 Å². The summed E-state index contributed by atoms with van der Waals surface area (Å²) in [5.74, 6) is 0.506. The first-order valence-corrected chi connectivity index (χ1v) is 8.45. The van der Waals surface area contributed by atoms with Crippen molar-refractivity contribution in [3.05, 3.63) is 72.3 Å². The summed E-state index contributed by atoms with van der Waals surface area (Å²) in [6.07, 6.45) is 0. The molecule has 0 amide bonds. The van der Waals surface area contributed by atoms with Crippen LogP contribution in [-0.4, -0.2) is 9.38 Å². The van der Waals surface area contributed by atoms with Crippen molar-refractivity contribution >= 4 is 38.4 Å². The van der Waals surface area contributed by atoms with E-state index in [0.717, 1.165) is 11.2 Å². The van der Waals surface area contributed by atoms with Gasteiger partial charge in [-0.3, -0.25) is 4.40 Å². The molecular weight excluding hydrogens is 292 g/mol. The lowest BCUT2D eigenvalue weighted by atomic mass is 10.0. The molecule has 0 saturated carbocycles. The number of rotatable bonds is 1. The Bertz CT molecular complexity index is 1230. The summed E-state index contributed by atoms with van der Waals surface area (Å²) in [5.41, 5.74) is 5.86. The summed E-state index contributed by atoms with van der Waals surface area (Å²) in [6, 6.07) is 23.8. The number of aromatic nitrogens is 2. The smallest absolute Gasteiger partial charge is 0.146 e. The summed E-state index contributed by atoms with van der Waals surface area (Å²) in [7, 11) is 0. The van der Waals surface area contributed by atoms with E-state index in [1.807, 2.05) is 0 Å². The number of hydrogen-bond donors (Lipinski definition) is 0. The van der Waals surface area contributed by atoms with E-state index in [9.17, 15) is 0 Å². The molecule has 0 unspecified atom stereocenters. The molecule has 2 aromatic heterocycles. The molecule has 0 aliphatic carbocycles. The molecule has 2 nitrogen and oxygen atoms in total. The van der Waals surface area contributed by atoms with Crippen molar-refractivity contribution in [1.82, 2.24) is 9.38 Å². The predicted molar refractivity (Wildman–Crippen MR) is 102 cm³/mol. The third kappa shape index (κ3) is 1.74. The molecule has 5 aromatic rings. The molecule has 0 aliphatic rings. The van der Waals surface area contributed by atoms with E-state index in [1.54, 1.807) is 0 Å². The number of benzene rings is 3. The molecule has 5 rings (SSSR count). The maximum absolute atomic E-state index is 4.96. The van der Waals surface area contributed by atoms with Gasteiger partial charge in [0.1, 0.15) is 5.65 Å². The zero-order valence-corrected chi connectivity index (χ0v) is 13.8. The van der Waals surface area contributed by atoms with Gasteiger partial charge in [-0.15, -0.1) is 0 Å². The summed E-state index contributed by atoms with van der Waals surface area (Å²) >= 11 is 0. The molecule has 0 radical (unpaired) electrons. The van der Waals surface area contributed by atoms with Crippen molar-refractivity contribution in [3.63, 3.8) is 0 Å². The minimum Gasteiger partial charge on any atom is -0.292 e. The van der Waals surface area contributed by atoms with Gasteiger partial charge in [0.25, 0.3) is 0 Å². The number of fused-ring (bicyclic) bond motifs is 8. The van der Waals surface area contributed by atoms with Crippen molar-refractivity contribution in [2.75, 3.05) is 0 Å². The van der Waals surface area contributed by atoms with Gasteiger partial charge in [0.2, 0.25) is 0 Å². The van der Waals surface area contributed by atoms with Gasteiger partial charge in [-0.25, -0.2) is 4.98 Å². The van der Waals surface area contributed by atoms with E-state index in [4.69, 9.17) is 4.98 Å². The zero-order valence-electron chi connectivity index (χ0n) is 13.8. The Balaban J connectivity index is 2.11. The highest BCUT2D eigenvalue weighted by Crippen LogP contribution is 2.32. The van der Waals surface area contributed by atoms with Gasteiger partial charge in [-0.1, -0.05) is 62.4 Å². The molecule has 2 heterocycles. The second-order valence-electron chi connectivity index (χ2n) is 6.74. The normalized spacial score (nSPS) is 12.1. The molecule has 116 valence electrons. The first-order chi connectivity index (χ1) is 11.7. The van der Waals surface area contributed by atoms with E-state index in [2.05, 4.69) is 85.0 Å². The number of para-hydroxylation sites is 1. The Morgan fingerprint density at radius 2 is 1.46 bits per heavy atom. The van der Waals surface area contributed by atoms with Crippen molar-refractivity contribution in [2.24, 2.45) is 0 Å².